The minimum Gasteiger partial charge on any atom is -0.489 e. The normalized spacial score (nSPS) is 13.4. The van der Waals surface area contributed by atoms with Crippen LogP contribution >= 0.6 is 0 Å². The van der Waals surface area contributed by atoms with Crippen molar-refractivity contribution in [2.24, 2.45) is 0 Å². The predicted octanol–water partition coefficient (Wildman–Crippen LogP) is 4.95. The topological polar surface area (TPSA) is 58.6 Å². The summed E-state index contributed by atoms with van der Waals surface area (Å²) in [5, 5.41) is 2.93. The van der Waals surface area contributed by atoms with Crippen LogP contribution in [0.5, 0.6) is 5.75 Å². The zero-order valence-corrected chi connectivity index (χ0v) is 16.9. The van der Waals surface area contributed by atoms with E-state index in [0.717, 1.165) is 29.8 Å². The molecule has 0 radical (unpaired) electrons. The molecular weight excluding hydrogens is 376 g/mol. The molecule has 1 fully saturated rings. The highest BCUT2D eigenvalue weighted by Gasteiger charge is 2.23. The molecule has 4 rings (SSSR count). The van der Waals surface area contributed by atoms with E-state index in [0.29, 0.717) is 30.0 Å². The van der Waals surface area contributed by atoms with E-state index >= 15 is 0 Å². The SMILES string of the molecule is Cc1cc(NC(=O)c2cccc(OCc3ccccc3)c2)ccc1N1CCCC1=O. The molecule has 152 valence electrons. The van der Waals surface area contributed by atoms with E-state index in [9.17, 15) is 9.59 Å². The van der Waals surface area contributed by atoms with Gasteiger partial charge in [-0.15, -0.1) is 0 Å². The molecular formula is C25H24N2O3. The van der Waals surface area contributed by atoms with E-state index in [1.165, 1.54) is 0 Å². The molecule has 1 aliphatic heterocycles. The lowest BCUT2D eigenvalue weighted by Gasteiger charge is -2.19. The van der Waals surface area contributed by atoms with Crippen LogP contribution in [0.4, 0.5) is 11.4 Å². The van der Waals surface area contributed by atoms with Crippen molar-refractivity contribution in [1.82, 2.24) is 0 Å². The second-order valence-electron chi connectivity index (χ2n) is 7.41. The number of anilines is 2. The quantitative estimate of drug-likeness (QED) is 0.637. The maximum atomic E-state index is 12.7. The Balaban J connectivity index is 1.42. The lowest BCUT2D eigenvalue weighted by molar-refractivity contribution is -0.117. The monoisotopic (exact) mass is 400 g/mol. The second-order valence-corrected chi connectivity index (χ2v) is 7.41. The smallest absolute Gasteiger partial charge is 0.255 e. The van der Waals surface area contributed by atoms with Crippen molar-refractivity contribution in [3.05, 3.63) is 89.5 Å². The standard InChI is InChI=1S/C25H24N2O3/c1-18-15-21(12-13-23(18)27-14-6-11-24(27)28)26-25(29)20-9-5-10-22(16-20)30-17-19-7-3-2-4-8-19/h2-5,7-10,12-13,15-16H,6,11,14,17H2,1H3,(H,26,29). The number of nitrogens with zero attached hydrogens (tertiary/aromatic N) is 1. The largest absolute Gasteiger partial charge is 0.489 e. The molecule has 30 heavy (non-hydrogen) atoms. The summed E-state index contributed by atoms with van der Waals surface area (Å²) in [5.74, 6) is 0.595. The number of amides is 2. The van der Waals surface area contributed by atoms with E-state index in [1.807, 2.05) is 72.5 Å². The fraction of sp³-hybridized carbons (Fsp3) is 0.200. The molecule has 0 saturated carbocycles. The molecule has 5 heteroatoms. The fourth-order valence-electron chi connectivity index (χ4n) is 3.61. The van der Waals surface area contributed by atoms with Crippen LogP contribution in [0.1, 0.15) is 34.3 Å². The first-order chi connectivity index (χ1) is 14.6. The fourth-order valence-corrected chi connectivity index (χ4v) is 3.61. The van der Waals surface area contributed by atoms with Crippen LogP contribution < -0.4 is 15.0 Å². The average molecular weight is 400 g/mol. The van der Waals surface area contributed by atoms with E-state index < -0.39 is 0 Å². The second kappa shape index (κ2) is 8.82. The Hall–Kier alpha value is -3.60. The van der Waals surface area contributed by atoms with Gasteiger partial charge >= 0.3 is 0 Å². The van der Waals surface area contributed by atoms with Gasteiger partial charge in [-0.1, -0.05) is 36.4 Å². The van der Waals surface area contributed by atoms with Gasteiger partial charge in [-0.3, -0.25) is 9.59 Å². The maximum absolute atomic E-state index is 12.7. The van der Waals surface area contributed by atoms with Crippen LogP contribution in [-0.2, 0) is 11.4 Å². The van der Waals surface area contributed by atoms with Crippen LogP contribution in [0, 0.1) is 6.92 Å². The van der Waals surface area contributed by atoms with Crippen molar-refractivity contribution in [2.75, 3.05) is 16.8 Å². The van der Waals surface area contributed by atoms with Crippen molar-refractivity contribution >= 4 is 23.2 Å². The number of rotatable bonds is 6. The molecule has 2 amide bonds. The van der Waals surface area contributed by atoms with Gasteiger partial charge in [0.2, 0.25) is 5.91 Å². The summed E-state index contributed by atoms with van der Waals surface area (Å²) in [7, 11) is 0. The summed E-state index contributed by atoms with van der Waals surface area (Å²) in [4.78, 5) is 26.5. The lowest BCUT2D eigenvalue weighted by Crippen LogP contribution is -2.24. The molecule has 0 spiro atoms. The number of hydrogen-bond donors (Lipinski definition) is 1. The predicted molar refractivity (Wildman–Crippen MR) is 118 cm³/mol. The van der Waals surface area contributed by atoms with Crippen LogP contribution in [0.25, 0.3) is 0 Å². The summed E-state index contributed by atoms with van der Waals surface area (Å²) in [6.07, 6.45) is 1.49. The van der Waals surface area contributed by atoms with Gasteiger partial charge in [0, 0.05) is 29.9 Å². The van der Waals surface area contributed by atoms with Gasteiger partial charge in [-0.25, -0.2) is 0 Å². The highest BCUT2D eigenvalue weighted by Crippen LogP contribution is 2.27. The minimum absolute atomic E-state index is 0.155. The van der Waals surface area contributed by atoms with E-state index in [-0.39, 0.29) is 11.8 Å². The summed E-state index contributed by atoms with van der Waals surface area (Å²) in [6.45, 7) is 3.15. The zero-order valence-electron chi connectivity index (χ0n) is 16.9. The number of nitrogens with one attached hydrogen (secondary N) is 1. The summed E-state index contributed by atoms with van der Waals surface area (Å²) >= 11 is 0. The van der Waals surface area contributed by atoms with Gasteiger partial charge in [0.25, 0.3) is 5.91 Å². The lowest BCUT2D eigenvalue weighted by atomic mass is 10.1. The third-order valence-corrected chi connectivity index (χ3v) is 5.16. The third-order valence-electron chi connectivity index (χ3n) is 5.16. The van der Waals surface area contributed by atoms with Crippen molar-refractivity contribution in [3.63, 3.8) is 0 Å². The Morgan fingerprint density at radius 3 is 2.60 bits per heavy atom. The Morgan fingerprint density at radius 2 is 1.87 bits per heavy atom. The van der Waals surface area contributed by atoms with E-state index in [1.54, 1.807) is 12.1 Å². The first-order valence-electron chi connectivity index (χ1n) is 10.1. The van der Waals surface area contributed by atoms with Gasteiger partial charge in [0.15, 0.2) is 0 Å². The molecule has 0 unspecified atom stereocenters. The van der Waals surface area contributed by atoms with Crippen LogP contribution in [0.15, 0.2) is 72.8 Å². The van der Waals surface area contributed by atoms with E-state index in [2.05, 4.69) is 5.32 Å². The molecule has 3 aromatic rings. The molecule has 3 aromatic carbocycles. The number of benzene rings is 3. The number of carbonyl (C=O) groups is 2. The van der Waals surface area contributed by atoms with E-state index in [4.69, 9.17) is 4.74 Å². The maximum Gasteiger partial charge on any atom is 0.255 e. The van der Waals surface area contributed by atoms with Gasteiger partial charge < -0.3 is 15.0 Å². The molecule has 0 aliphatic carbocycles. The van der Waals surface area contributed by atoms with Crippen LogP contribution in [0.2, 0.25) is 0 Å². The Kier molecular flexibility index (Phi) is 5.80. The number of hydrogen-bond acceptors (Lipinski definition) is 3. The van der Waals surface area contributed by atoms with Gasteiger partial charge in [0.05, 0.1) is 0 Å². The van der Waals surface area contributed by atoms with Crippen molar-refractivity contribution in [2.45, 2.75) is 26.4 Å². The van der Waals surface area contributed by atoms with Gasteiger partial charge in [-0.2, -0.15) is 0 Å². The summed E-state index contributed by atoms with van der Waals surface area (Å²) < 4.78 is 5.82. The third kappa shape index (κ3) is 4.51. The van der Waals surface area contributed by atoms with Crippen molar-refractivity contribution in [1.29, 1.82) is 0 Å². The molecule has 5 nitrogen and oxygen atoms in total. The molecule has 1 heterocycles. The average Bonchev–Trinajstić information content (AvgIpc) is 3.19. The number of carbonyl (C=O) groups excluding carboxylic acids is 2. The highest BCUT2D eigenvalue weighted by molar-refractivity contribution is 6.05. The molecule has 0 atom stereocenters. The Bertz CT molecular complexity index is 1060. The summed E-state index contributed by atoms with van der Waals surface area (Å²) in [5.41, 5.74) is 4.16. The zero-order chi connectivity index (χ0) is 20.9. The Labute approximate surface area is 176 Å². The van der Waals surface area contributed by atoms with Crippen LogP contribution in [-0.4, -0.2) is 18.4 Å². The van der Waals surface area contributed by atoms with Gasteiger partial charge in [-0.05, 0) is 60.9 Å². The first kappa shape index (κ1) is 19.7. The molecule has 0 bridgehead atoms. The molecule has 1 saturated heterocycles. The molecule has 1 aliphatic rings. The highest BCUT2D eigenvalue weighted by atomic mass is 16.5. The van der Waals surface area contributed by atoms with Crippen molar-refractivity contribution in [3.8, 4) is 5.75 Å². The Morgan fingerprint density at radius 1 is 1.03 bits per heavy atom. The summed E-state index contributed by atoms with van der Waals surface area (Å²) in [6, 6.07) is 22.7. The first-order valence-corrected chi connectivity index (χ1v) is 10.1. The number of aryl methyl sites for hydroxylation is 1. The van der Waals surface area contributed by atoms with Crippen LogP contribution in [0.3, 0.4) is 0 Å². The minimum atomic E-state index is -0.204. The van der Waals surface area contributed by atoms with Gasteiger partial charge in [0.1, 0.15) is 12.4 Å². The number of ether oxygens (including phenoxy) is 1. The van der Waals surface area contributed by atoms with Crippen molar-refractivity contribution < 1.29 is 14.3 Å². The molecule has 1 N–H and O–H groups in total. The molecule has 0 aromatic heterocycles.